The van der Waals surface area contributed by atoms with Gasteiger partial charge < -0.3 is 0 Å². The van der Waals surface area contributed by atoms with Gasteiger partial charge in [-0.2, -0.15) is 0 Å². The first kappa shape index (κ1) is 12.2. The number of hydrogen-bond acceptors (Lipinski definition) is 2. The zero-order chi connectivity index (χ0) is 13.1. The van der Waals surface area contributed by atoms with Crippen molar-refractivity contribution in [1.29, 1.82) is 0 Å². The van der Waals surface area contributed by atoms with Crippen molar-refractivity contribution in [2.45, 2.75) is 13.8 Å². The smallest absolute Gasteiger partial charge is 0.193 e. The maximum Gasteiger partial charge on any atom is 0.193 e. The highest BCUT2D eigenvalue weighted by atomic mass is 16.1. The lowest BCUT2D eigenvalue weighted by Crippen LogP contribution is -2.05. The maximum atomic E-state index is 12.4. The predicted molar refractivity (Wildman–Crippen MR) is 71.2 cm³/mol. The van der Waals surface area contributed by atoms with Crippen LogP contribution in [0.2, 0.25) is 0 Å². The van der Waals surface area contributed by atoms with Crippen molar-refractivity contribution in [2.24, 2.45) is 0 Å². The molecule has 0 saturated heterocycles. The number of aryl methyl sites for hydroxylation is 1. The molecule has 0 amide bonds. The van der Waals surface area contributed by atoms with E-state index >= 15 is 0 Å². The molecule has 2 aromatic rings. The summed E-state index contributed by atoms with van der Waals surface area (Å²) in [6.07, 6.45) is 0.780. The minimum absolute atomic E-state index is 0.0418. The van der Waals surface area contributed by atoms with E-state index in [-0.39, 0.29) is 5.78 Å². The van der Waals surface area contributed by atoms with Crippen molar-refractivity contribution in [3.8, 4) is 0 Å². The summed E-state index contributed by atoms with van der Waals surface area (Å²) >= 11 is 0. The Hall–Kier alpha value is -2.22. The molecule has 0 fully saturated rings. The lowest BCUT2D eigenvalue weighted by Gasteiger charge is -2.07. The van der Waals surface area contributed by atoms with Gasteiger partial charge in [0.1, 0.15) is 6.29 Å². The summed E-state index contributed by atoms with van der Waals surface area (Å²) in [4.78, 5) is 23.3. The van der Waals surface area contributed by atoms with E-state index < -0.39 is 0 Å². The first-order valence-corrected chi connectivity index (χ1v) is 5.79. The molecular weight excluding hydrogens is 224 g/mol. The summed E-state index contributed by atoms with van der Waals surface area (Å²) in [6.45, 7) is 3.75. The summed E-state index contributed by atoms with van der Waals surface area (Å²) in [5.74, 6) is -0.0418. The first-order chi connectivity index (χ1) is 8.63. The molecule has 0 aliphatic carbocycles. The van der Waals surface area contributed by atoms with Gasteiger partial charge in [0.05, 0.1) is 0 Å². The summed E-state index contributed by atoms with van der Waals surface area (Å²) in [5.41, 5.74) is 3.59. The van der Waals surface area contributed by atoms with Crippen molar-refractivity contribution in [1.82, 2.24) is 0 Å². The van der Waals surface area contributed by atoms with Crippen LogP contribution in [0.1, 0.15) is 37.4 Å². The van der Waals surface area contributed by atoms with Gasteiger partial charge in [-0.25, -0.2) is 0 Å². The fraction of sp³-hybridized carbons (Fsp3) is 0.125. The van der Waals surface area contributed by atoms with Crippen molar-refractivity contribution >= 4 is 12.1 Å². The van der Waals surface area contributed by atoms with Crippen molar-refractivity contribution in [2.75, 3.05) is 0 Å². The molecule has 0 N–H and O–H groups in total. The third-order valence-corrected chi connectivity index (χ3v) is 3.03. The molecule has 0 saturated carbocycles. The van der Waals surface area contributed by atoms with Gasteiger partial charge in [-0.1, -0.05) is 42.0 Å². The zero-order valence-electron chi connectivity index (χ0n) is 10.4. The lowest BCUT2D eigenvalue weighted by atomic mass is 9.95. The third-order valence-electron chi connectivity index (χ3n) is 3.03. The van der Waals surface area contributed by atoms with Crippen LogP contribution in [0.15, 0.2) is 42.5 Å². The molecule has 2 nitrogen and oxygen atoms in total. The number of benzene rings is 2. The van der Waals surface area contributed by atoms with Gasteiger partial charge in [-0.05, 0) is 25.5 Å². The Morgan fingerprint density at radius 3 is 2.44 bits per heavy atom. The Morgan fingerprint density at radius 2 is 1.78 bits per heavy atom. The molecule has 0 aromatic heterocycles. The second-order valence-corrected chi connectivity index (χ2v) is 4.34. The SMILES string of the molecule is Cc1cccc(C(=O)c2cccc(C=O)c2C)c1. The molecule has 0 aliphatic heterocycles. The van der Waals surface area contributed by atoms with Gasteiger partial charge in [0.25, 0.3) is 0 Å². The van der Waals surface area contributed by atoms with Gasteiger partial charge in [0, 0.05) is 16.7 Å². The molecular formula is C16H14O2. The number of ketones is 1. The quantitative estimate of drug-likeness (QED) is 0.607. The van der Waals surface area contributed by atoms with Gasteiger partial charge >= 0.3 is 0 Å². The topological polar surface area (TPSA) is 34.1 Å². The average molecular weight is 238 g/mol. The van der Waals surface area contributed by atoms with Gasteiger partial charge in [-0.3, -0.25) is 9.59 Å². The maximum absolute atomic E-state index is 12.4. The predicted octanol–water partition coefficient (Wildman–Crippen LogP) is 3.35. The Bertz CT molecular complexity index is 612. The largest absolute Gasteiger partial charge is 0.298 e. The van der Waals surface area contributed by atoms with E-state index in [1.165, 1.54) is 0 Å². The van der Waals surface area contributed by atoms with Crippen LogP contribution in [0.5, 0.6) is 0 Å². The van der Waals surface area contributed by atoms with E-state index in [9.17, 15) is 9.59 Å². The summed E-state index contributed by atoms with van der Waals surface area (Å²) in [7, 11) is 0. The van der Waals surface area contributed by atoms with E-state index in [2.05, 4.69) is 0 Å². The number of aldehydes is 1. The van der Waals surface area contributed by atoms with E-state index in [0.717, 1.165) is 17.4 Å². The Kier molecular flexibility index (Phi) is 3.38. The highest BCUT2D eigenvalue weighted by molar-refractivity contribution is 6.10. The van der Waals surface area contributed by atoms with E-state index in [1.54, 1.807) is 31.2 Å². The Labute approximate surface area is 106 Å². The van der Waals surface area contributed by atoms with Crippen LogP contribution < -0.4 is 0 Å². The van der Waals surface area contributed by atoms with Crippen LogP contribution in [0, 0.1) is 13.8 Å². The molecule has 0 bridgehead atoms. The highest BCUT2D eigenvalue weighted by Gasteiger charge is 2.13. The van der Waals surface area contributed by atoms with E-state index in [4.69, 9.17) is 0 Å². The number of carbonyl (C=O) groups excluding carboxylic acids is 2. The van der Waals surface area contributed by atoms with Crippen molar-refractivity contribution < 1.29 is 9.59 Å². The third kappa shape index (κ3) is 2.23. The minimum atomic E-state index is -0.0418. The summed E-state index contributed by atoms with van der Waals surface area (Å²) in [5, 5.41) is 0. The molecule has 0 heterocycles. The molecule has 0 atom stereocenters. The van der Waals surface area contributed by atoms with Crippen molar-refractivity contribution in [3.63, 3.8) is 0 Å². The normalized spacial score (nSPS) is 10.1. The second kappa shape index (κ2) is 4.96. The van der Waals surface area contributed by atoms with Crippen LogP contribution in [0.25, 0.3) is 0 Å². The average Bonchev–Trinajstić information content (AvgIpc) is 2.38. The van der Waals surface area contributed by atoms with Gasteiger partial charge in [-0.15, -0.1) is 0 Å². The van der Waals surface area contributed by atoms with E-state index in [1.807, 2.05) is 25.1 Å². The fourth-order valence-corrected chi connectivity index (χ4v) is 1.97. The minimum Gasteiger partial charge on any atom is -0.298 e. The lowest BCUT2D eigenvalue weighted by molar-refractivity contribution is 0.103. The highest BCUT2D eigenvalue weighted by Crippen LogP contribution is 2.17. The molecule has 2 aromatic carbocycles. The number of carbonyl (C=O) groups is 2. The number of hydrogen-bond donors (Lipinski definition) is 0. The Balaban J connectivity index is 2.50. The van der Waals surface area contributed by atoms with Crippen LogP contribution >= 0.6 is 0 Å². The molecule has 0 aliphatic rings. The van der Waals surface area contributed by atoms with Gasteiger partial charge in [0.2, 0.25) is 0 Å². The molecule has 2 heteroatoms. The molecule has 0 radical (unpaired) electrons. The fourth-order valence-electron chi connectivity index (χ4n) is 1.97. The van der Waals surface area contributed by atoms with Crippen LogP contribution in [0.3, 0.4) is 0 Å². The number of rotatable bonds is 3. The Morgan fingerprint density at radius 1 is 1.06 bits per heavy atom. The van der Waals surface area contributed by atoms with E-state index in [0.29, 0.717) is 16.7 Å². The van der Waals surface area contributed by atoms with Crippen molar-refractivity contribution in [3.05, 3.63) is 70.3 Å². The van der Waals surface area contributed by atoms with Crippen LogP contribution in [0.4, 0.5) is 0 Å². The molecule has 0 spiro atoms. The molecule has 0 unspecified atom stereocenters. The summed E-state index contributed by atoms with van der Waals surface area (Å²) < 4.78 is 0. The zero-order valence-corrected chi connectivity index (χ0v) is 10.4. The first-order valence-electron chi connectivity index (χ1n) is 5.79. The summed E-state index contributed by atoms with van der Waals surface area (Å²) in [6, 6.07) is 12.7. The molecule has 90 valence electrons. The monoisotopic (exact) mass is 238 g/mol. The second-order valence-electron chi connectivity index (χ2n) is 4.34. The van der Waals surface area contributed by atoms with Crippen LogP contribution in [-0.2, 0) is 0 Å². The molecule has 2 rings (SSSR count). The van der Waals surface area contributed by atoms with Crippen LogP contribution in [-0.4, -0.2) is 12.1 Å². The van der Waals surface area contributed by atoms with Gasteiger partial charge in [0.15, 0.2) is 5.78 Å². The molecule has 18 heavy (non-hydrogen) atoms. The standard InChI is InChI=1S/C16H14O2/c1-11-5-3-6-13(9-11)16(18)15-8-4-7-14(10-17)12(15)2/h3-10H,1-2H3.